The monoisotopic (exact) mass is 461 g/mol. The van der Waals surface area contributed by atoms with Crippen LogP contribution in [-0.4, -0.2) is 19.3 Å². The predicted octanol–water partition coefficient (Wildman–Crippen LogP) is 4.54. The number of hydrogen-bond donors (Lipinski definition) is 2. The first kappa shape index (κ1) is 22.2. The van der Waals surface area contributed by atoms with Crippen LogP contribution < -0.4 is 10.0 Å². The third-order valence-corrected chi connectivity index (χ3v) is 6.31. The molecule has 0 saturated carbocycles. The minimum absolute atomic E-state index is 0.0206. The molecule has 1 atom stereocenters. The largest absolute Gasteiger partial charge is 0.340 e. The molecule has 0 fully saturated rings. The Morgan fingerprint density at radius 3 is 2.12 bits per heavy atom. The highest BCUT2D eigenvalue weighted by molar-refractivity contribution is 7.92. The highest BCUT2D eigenvalue weighted by Crippen LogP contribution is 2.21. The van der Waals surface area contributed by atoms with Crippen molar-refractivity contribution in [2.45, 2.75) is 10.9 Å². The van der Waals surface area contributed by atoms with Gasteiger partial charge in [0.2, 0.25) is 0 Å². The van der Waals surface area contributed by atoms with Crippen molar-refractivity contribution in [3.63, 3.8) is 0 Å². The van der Waals surface area contributed by atoms with Gasteiger partial charge in [0.1, 0.15) is 5.82 Å². The van der Waals surface area contributed by atoms with Gasteiger partial charge >= 0.3 is 0 Å². The molecule has 0 bridgehead atoms. The van der Waals surface area contributed by atoms with E-state index in [0.29, 0.717) is 11.3 Å². The summed E-state index contributed by atoms with van der Waals surface area (Å²) in [4.78, 5) is 17.3. The topological polar surface area (TPSA) is 88.2 Å². The molecule has 0 aliphatic heterocycles. The number of carbonyl (C=O) groups excluding carboxylic acids is 1. The number of carbonyl (C=O) groups is 1. The molecule has 2 N–H and O–H groups in total. The molecular weight excluding hydrogens is 441 g/mol. The SMILES string of the molecule is O=C(NC(c1ccccc1)c1ccccn1)c1ccc(S(=O)(=O)Nc2ccc(F)cc2)cc1. The fourth-order valence-electron chi connectivity index (χ4n) is 3.25. The van der Waals surface area contributed by atoms with Crippen LogP contribution in [0.25, 0.3) is 0 Å². The van der Waals surface area contributed by atoms with Crippen molar-refractivity contribution in [1.29, 1.82) is 0 Å². The Balaban J connectivity index is 1.53. The Morgan fingerprint density at radius 1 is 0.818 bits per heavy atom. The minimum Gasteiger partial charge on any atom is -0.340 e. The average molecular weight is 462 g/mol. The molecule has 0 radical (unpaired) electrons. The summed E-state index contributed by atoms with van der Waals surface area (Å²) in [6.07, 6.45) is 1.66. The van der Waals surface area contributed by atoms with Crippen molar-refractivity contribution in [2.24, 2.45) is 0 Å². The van der Waals surface area contributed by atoms with Gasteiger partial charge in [0, 0.05) is 17.4 Å². The normalized spacial score (nSPS) is 12.0. The first-order chi connectivity index (χ1) is 15.9. The lowest BCUT2D eigenvalue weighted by Gasteiger charge is -2.19. The number of amides is 1. The van der Waals surface area contributed by atoms with Gasteiger partial charge in [-0.15, -0.1) is 0 Å². The average Bonchev–Trinajstić information content (AvgIpc) is 2.85. The zero-order valence-corrected chi connectivity index (χ0v) is 18.2. The third kappa shape index (κ3) is 5.42. The molecule has 0 aliphatic rings. The van der Waals surface area contributed by atoms with Crippen LogP contribution in [0.1, 0.15) is 27.7 Å². The molecule has 166 valence electrons. The van der Waals surface area contributed by atoms with Crippen molar-refractivity contribution in [2.75, 3.05) is 4.72 Å². The van der Waals surface area contributed by atoms with E-state index in [1.54, 1.807) is 12.3 Å². The molecule has 0 aliphatic carbocycles. The number of rotatable bonds is 7. The van der Waals surface area contributed by atoms with E-state index in [1.807, 2.05) is 42.5 Å². The number of pyridine rings is 1. The number of anilines is 1. The maximum atomic E-state index is 13.1. The summed E-state index contributed by atoms with van der Waals surface area (Å²) in [5.74, 6) is -0.835. The van der Waals surface area contributed by atoms with E-state index in [9.17, 15) is 17.6 Å². The minimum atomic E-state index is -3.89. The van der Waals surface area contributed by atoms with Crippen LogP contribution >= 0.6 is 0 Å². The lowest BCUT2D eigenvalue weighted by atomic mass is 10.0. The van der Waals surface area contributed by atoms with E-state index >= 15 is 0 Å². The fraction of sp³-hybridized carbons (Fsp3) is 0.0400. The molecule has 1 amide bonds. The number of nitrogens with one attached hydrogen (secondary N) is 2. The van der Waals surface area contributed by atoms with E-state index in [1.165, 1.54) is 36.4 Å². The van der Waals surface area contributed by atoms with Gasteiger partial charge in [-0.3, -0.25) is 14.5 Å². The number of halogens is 1. The van der Waals surface area contributed by atoms with Gasteiger partial charge in [0.05, 0.1) is 16.6 Å². The Hall–Kier alpha value is -4.04. The van der Waals surface area contributed by atoms with Crippen molar-refractivity contribution in [3.05, 3.63) is 126 Å². The van der Waals surface area contributed by atoms with Gasteiger partial charge < -0.3 is 5.32 Å². The first-order valence-corrected chi connectivity index (χ1v) is 11.6. The molecule has 6 nitrogen and oxygen atoms in total. The second kappa shape index (κ2) is 9.62. The molecule has 0 saturated heterocycles. The van der Waals surface area contributed by atoms with Crippen molar-refractivity contribution in [1.82, 2.24) is 10.3 Å². The van der Waals surface area contributed by atoms with Gasteiger partial charge in [0.15, 0.2) is 0 Å². The molecule has 1 unspecified atom stereocenters. The van der Waals surface area contributed by atoms with Gasteiger partial charge in [-0.05, 0) is 66.2 Å². The fourth-order valence-corrected chi connectivity index (χ4v) is 4.31. The van der Waals surface area contributed by atoms with Crippen LogP contribution in [-0.2, 0) is 10.0 Å². The Kier molecular flexibility index (Phi) is 6.46. The van der Waals surface area contributed by atoms with Crippen LogP contribution in [0.4, 0.5) is 10.1 Å². The van der Waals surface area contributed by atoms with Crippen LogP contribution in [0.2, 0.25) is 0 Å². The van der Waals surface area contributed by atoms with Crippen LogP contribution in [0.3, 0.4) is 0 Å². The summed E-state index contributed by atoms with van der Waals surface area (Å²) in [6.45, 7) is 0. The van der Waals surface area contributed by atoms with Crippen molar-refractivity contribution >= 4 is 21.6 Å². The number of nitrogens with zero attached hydrogens (tertiary/aromatic N) is 1. The molecule has 8 heteroatoms. The summed E-state index contributed by atoms with van der Waals surface area (Å²) in [6, 6.07) is 25.0. The summed E-state index contributed by atoms with van der Waals surface area (Å²) >= 11 is 0. The van der Waals surface area contributed by atoms with Crippen LogP contribution in [0.15, 0.2) is 108 Å². The molecule has 1 aromatic heterocycles. The molecule has 33 heavy (non-hydrogen) atoms. The second-order valence-corrected chi connectivity index (χ2v) is 8.89. The highest BCUT2D eigenvalue weighted by atomic mass is 32.2. The smallest absolute Gasteiger partial charge is 0.261 e. The van der Waals surface area contributed by atoms with E-state index in [-0.39, 0.29) is 16.5 Å². The summed E-state index contributed by atoms with van der Waals surface area (Å²) in [5, 5.41) is 2.97. The number of sulfonamides is 1. The zero-order valence-electron chi connectivity index (χ0n) is 17.4. The zero-order chi connectivity index (χ0) is 23.3. The van der Waals surface area contributed by atoms with Crippen molar-refractivity contribution in [3.8, 4) is 0 Å². The Morgan fingerprint density at radius 2 is 1.48 bits per heavy atom. The molecular formula is C25H20FN3O3S. The third-order valence-electron chi connectivity index (χ3n) is 4.92. The van der Waals surface area contributed by atoms with Crippen molar-refractivity contribution < 1.29 is 17.6 Å². The maximum absolute atomic E-state index is 13.1. The lowest BCUT2D eigenvalue weighted by molar-refractivity contribution is 0.0942. The Bertz CT molecular complexity index is 1290. The predicted molar refractivity (Wildman–Crippen MR) is 124 cm³/mol. The highest BCUT2D eigenvalue weighted by Gasteiger charge is 2.20. The van der Waals surface area contributed by atoms with E-state index in [0.717, 1.165) is 17.7 Å². The van der Waals surface area contributed by atoms with Crippen LogP contribution in [0.5, 0.6) is 0 Å². The van der Waals surface area contributed by atoms with Gasteiger partial charge in [0.25, 0.3) is 15.9 Å². The first-order valence-electron chi connectivity index (χ1n) is 10.1. The van der Waals surface area contributed by atoms with Gasteiger partial charge in [-0.1, -0.05) is 36.4 Å². The van der Waals surface area contributed by atoms with Gasteiger partial charge in [-0.25, -0.2) is 12.8 Å². The lowest BCUT2D eigenvalue weighted by Crippen LogP contribution is -2.30. The molecule has 4 aromatic rings. The summed E-state index contributed by atoms with van der Waals surface area (Å²) < 4.78 is 40.6. The van der Waals surface area contributed by atoms with E-state index < -0.39 is 21.9 Å². The van der Waals surface area contributed by atoms with E-state index in [4.69, 9.17) is 0 Å². The summed E-state index contributed by atoms with van der Waals surface area (Å²) in [7, 11) is -3.89. The van der Waals surface area contributed by atoms with E-state index in [2.05, 4.69) is 15.0 Å². The summed E-state index contributed by atoms with van der Waals surface area (Å²) in [5.41, 5.74) is 2.08. The Labute approximate surface area is 191 Å². The van der Waals surface area contributed by atoms with Crippen LogP contribution in [0, 0.1) is 5.82 Å². The molecule has 3 aromatic carbocycles. The number of aromatic nitrogens is 1. The number of benzene rings is 3. The quantitative estimate of drug-likeness (QED) is 0.423. The molecule has 1 heterocycles. The standard InChI is InChI=1S/C25H20FN3O3S/c26-20-11-13-21(14-12-20)29-33(31,32)22-15-9-19(10-16-22)25(30)28-24(18-6-2-1-3-7-18)23-8-4-5-17-27-23/h1-17,24,29H,(H,28,30). The molecule has 4 rings (SSSR count). The number of hydrogen-bond acceptors (Lipinski definition) is 4. The second-order valence-electron chi connectivity index (χ2n) is 7.21. The molecule has 0 spiro atoms. The van der Waals surface area contributed by atoms with Gasteiger partial charge in [-0.2, -0.15) is 0 Å². The maximum Gasteiger partial charge on any atom is 0.261 e.